The number of hydrogen-bond acceptors (Lipinski definition) is 6. The van der Waals surface area contributed by atoms with Gasteiger partial charge in [-0.05, 0) is 38.0 Å². The predicted octanol–water partition coefficient (Wildman–Crippen LogP) is 3.64. The zero-order valence-electron chi connectivity index (χ0n) is 15.6. The molecule has 1 aliphatic heterocycles. The van der Waals surface area contributed by atoms with Crippen LogP contribution in [0.1, 0.15) is 35.3 Å². The van der Waals surface area contributed by atoms with E-state index in [1.54, 1.807) is 13.8 Å². The minimum Gasteiger partial charge on any atom is -0.459 e. The molecule has 1 aromatic rings. The van der Waals surface area contributed by atoms with Crippen LogP contribution in [0.3, 0.4) is 0 Å². The van der Waals surface area contributed by atoms with Crippen LogP contribution in [0.15, 0.2) is 28.4 Å². The molecule has 28 heavy (non-hydrogen) atoms. The van der Waals surface area contributed by atoms with Gasteiger partial charge in [0.2, 0.25) is 0 Å². The average Bonchev–Trinajstić information content (AvgIpc) is 3.42. The van der Waals surface area contributed by atoms with Crippen LogP contribution >= 0.6 is 0 Å². The number of ether oxygens (including phenoxy) is 3. The minimum atomic E-state index is -4.64. The smallest absolute Gasteiger partial charge is 0.442 e. The Morgan fingerprint density at radius 2 is 1.89 bits per heavy atom. The Balaban J connectivity index is 2.13. The number of carbonyl (C=O) groups excluding carboxylic acids is 1. The summed E-state index contributed by atoms with van der Waals surface area (Å²) in [5.41, 5.74) is -2.14. The molecule has 0 amide bonds. The molecule has 0 unspecified atom stereocenters. The molecule has 0 aliphatic carbocycles. The lowest BCUT2D eigenvalue weighted by Gasteiger charge is -2.18. The Labute approximate surface area is 161 Å². The zero-order valence-corrected chi connectivity index (χ0v) is 15.6. The van der Waals surface area contributed by atoms with Crippen molar-refractivity contribution in [1.82, 2.24) is 0 Å². The number of halogens is 3. The number of hydrogen-bond donors (Lipinski definition) is 0. The molecule has 0 aromatic heterocycles. The number of nitrogens with zero attached hydrogens (tertiary/aromatic N) is 2. The summed E-state index contributed by atoms with van der Waals surface area (Å²) in [4.78, 5) is 12.3. The maximum absolute atomic E-state index is 13.3. The van der Waals surface area contributed by atoms with E-state index in [2.05, 4.69) is 16.1 Å². The number of carbonyl (C=O) groups is 1. The summed E-state index contributed by atoms with van der Waals surface area (Å²) in [6, 6.07) is 3.79. The van der Waals surface area contributed by atoms with Crippen LogP contribution in [-0.2, 0) is 26.3 Å². The standard InChI is InChI=1S/C19H21F3N2O4/c1-4-8-26-10-11-27-9-7-14-12-15(18(23-24-18)19(20,21)22)5-6-16(14)17(25)28-13(2)3/h1,5-6,12-13H,7-11H2,2-3H3. The van der Waals surface area contributed by atoms with Gasteiger partial charge in [0, 0.05) is 5.56 Å². The van der Waals surface area contributed by atoms with Gasteiger partial charge in [-0.25, -0.2) is 4.79 Å². The number of benzene rings is 1. The molecule has 0 N–H and O–H groups in total. The van der Waals surface area contributed by atoms with Crippen LogP contribution in [0.4, 0.5) is 13.2 Å². The van der Waals surface area contributed by atoms with Crippen LogP contribution in [0.2, 0.25) is 0 Å². The zero-order chi connectivity index (χ0) is 20.8. The van der Waals surface area contributed by atoms with Crippen molar-refractivity contribution in [3.63, 3.8) is 0 Å². The molecule has 2 rings (SSSR count). The van der Waals surface area contributed by atoms with Gasteiger partial charge in [0.1, 0.15) is 6.61 Å². The molecule has 1 aliphatic rings. The Kier molecular flexibility index (Phi) is 7.16. The number of rotatable bonds is 10. The van der Waals surface area contributed by atoms with Gasteiger partial charge in [-0.3, -0.25) is 0 Å². The molecule has 0 fully saturated rings. The maximum Gasteiger partial charge on any atom is 0.442 e. The molecule has 0 bridgehead atoms. The van der Waals surface area contributed by atoms with E-state index in [4.69, 9.17) is 20.6 Å². The van der Waals surface area contributed by atoms with Gasteiger partial charge in [0.25, 0.3) is 0 Å². The van der Waals surface area contributed by atoms with Crippen molar-refractivity contribution in [1.29, 1.82) is 0 Å². The molecule has 152 valence electrons. The van der Waals surface area contributed by atoms with Gasteiger partial charge in [-0.15, -0.1) is 16.7 Å². The third-order valence-electron chi connectivity index (χ3n) is 3.84. The molecule has 9 heteroatoms. The van der Waals surface area contributed by atoms with Gasteiger partial charge in [0.15, 0.2) is 0 Å². The van der Waals surface area contributed by atoms with E-state index < -0.39 is 17.8 Å². The van der Waals surface area contributed by atoms with Crippen molar-refractivity contribution in [3.8, 4) is 12.3 Å². The lowest BCUT2D eigenvalue weighted by atomic mass is 9.95. The highest BCUT2D eigenvalue weighted by Gasteiger charge is 2.65. The summed E-state index contributed by atoms with van der Waals surface area (Å²) in [5.74, 6) is 1.71. The first-order valence-corrected chi connectivity index (χ1v) is 8.65. The van der Waals surface area contributed by atoms with Crippen molar-refractivity contribution in [2.75, 3.05) is 26.4 Å². The van der Waals surface area contributed by atoms with Gasteiger partial charge < -0.3 is 14.2 Å². The number of terminal acetylenes is 1. The van der Waals surface area contributed by atoms with Crippen molar-refractivity contribution in [2.24, 2.45) is 10.2 Å². The summed E-state index contributed by atoms with van der Waals surface area (Å²) in [6.45, 7) is 4.28. The SMILES string of the molecule is C#CCOCCOCCc1cc(C2(C(F)(F)F)N=N2)ccc1C(=O)OC(C)C. The van der Waals surface area contributed by atoms with E-state index in [1.165, 1.54) is 18.2 Å². The van der Waals surface area contributed by atoms with Gasteiger partial charge >= 0.3 is 17.8 Å². The fourth-order valence-electron chi connectivity index (χ4n) is 2.47. The van der Waals surface area contributed by atoms with Crippen LogP contribution < -0.4 is 0 Å². The highest BCUT2D eigenvalue weighted by atomic mass is 19.4. The number of alkyl halides is 3. The van der Waals surface area contributed by atoms with Crippen molar-refractivity contribution >= 4 is 5.97 Å². The molecule has 0 saturated carbocycles. The minimum absolute atomic E-state index is 0.145. The van der Waals surface area contributed by atoms with Crippen molar-refractivity contribution in [2.45, 2.75) is 38.2 Å². The molecule has 0 atom stereocenters. The van der Waals surface area contributed by atoms with E-state index >= 15 is 0 Å². The second kappa shape index (κ2) is 9.17. The summed E-state index contributed by atoms with van der Waals surface area (Å²) >= 11 is 0. The largest absolute Gasteiger partial charge is 0.459 e. The van der Waals surface area contributed by atoms with Gasteiger partial charge in [0.05, 0.1) is 31.5 Å². The van der Waals surface area contributed by atoms with E-state index in [0.29, 0.717) is 12.2 Å². The molecule has 0 spiro atoms. The molecule has 1 heterocycles. The molecule has 0 saturated heterocycles. The second-order valence-corrected chi connectivity index (χ2v) is 6.32. The normalized spacial score (nSPS) is 14.8. The Morgan fingerprint density at radius 3 is 2.46 bits per heavy atom. The first-order chi connectivity index (χ1) is 13.2. The fourth-order valence-corrected chi connectivity index (χ4v) is 2.47. The van der Waals surface area contributed by atoms with Crippen molar-refractivity contribution < 1.29 is 32.2 Å². The predicted molar refractivity (Wildman–Crippen MR) is 93.8 cm³/mol. The molecular formula is C19H21F3N2O4. The van der Waals surface area contributed by atoms with E-state index in [0.717, 1.165) is 0 Å². The highest BCUT2D eigenvalue weighted by molar-refractivity contribution is 5.91. The van der Waals surface area contributed by atoms with Crippen LogP contribution in [0.25, 0.3) is 0 Å². The lowest BCUT2D eigenvalue weighted by molar-refractivity contribution is -0.166. The molecule has 1 aromatic carbocycles. The van der Waals surface area contributed by atoms with Crippen LogP contribution in [0, 0.1) is 12.3 Å². The van der Waals surface area contributed by atoms with Crippen LogP contribution in [0.5, 0.6) is 0 Å². The lowest BCUT2D eigenvalue weighted by Crippen LogP contribution is -2.30. The summed E-state index contributed by atoms with van der Waals surface area (Å²) < 4.78 is 55.4. The molecule has 6 nitrogen and oxygen atoms in total. The first kappa shape index (κ1) is 21.9. The fraction of sp³-hybridized carbons (Fsp3) is 0.526. The van der Waals surface area contributed by atoms with Crippen LogP contribution in [-0.4, -0.2) is 44.7 Å². The van der Waals surface area contributed by atoms with Gasteiger partial charge in [-0.2, -0.15) is 13.2 Å². The van der Waals surface area contributed by atoms with E-state index in [1.807, 2.05) is 0 Å². The summed E-state index contributed by atoms with van der Waals surface area (Å²) in [5, 5.41) is 6.40. The summed E-state index contributed by atoms with van der Waals surface area (Å²) in [6.07, 6.45) is 0.257. The highest BCUT2D eigenvalue weighted by Crippen LogP contribution is 2.52. The topological polar surface area (TPSA) is 69.5 Å². The Bertz CT molecular complexity index is 763. The summed E-state index contributed by atoms with van der Waals surface area (Å²) in [7, 11) is 0. The third-order valence-corrected chi connectivity index (χ3v) is 3.84. The molecular weight excluding hydrogens is 377 g/mol. The Hall–Kier alpha value is -2.44. The van der Waals surface area contributed by atoms with Gasteiger partial charge in [-0.1, -0.05) is 12.0 Å². The van der Waals surface area contributed by atoms with Crippen molar-refractivity contribution in [3.05, 3.63) is 34.9 Å². The third kappa shape index (κ3) is 5.30. The Morgan fingerprint density at radius 1 is 1.21 bits per heavy atom. The molecule has 0 radical (unpaired) electrons. The first-order valence-electron chi connectivity index (χ1n) is 8.65. The number of esters is 1. The van der Waals surface area contributed by atoms with E-state index in [-0.39, 0.29) is 43.5 Å². The average molecular weight is 398 g/mol. The van der Waals surface area contributed by atoms with E-state index in [9.17, 15) is 18.0 Å². The quantitative estimate of drug-likeness (QED) is 0.343. The maximum atomic E-state index is 13.3. The monoisotopic (exact) mass is 398 g/mol. The second-order valence-electron chi connectivity index (χ2n) is 6.32.